The molecule has 0 aromatic heterocycles. The van der Waals surface area contributed by atoms with Crippen molar-refractivity contribution in [3.8, 4) is 0 Å². The summed E-state index contributed by atoms with van der Waals surface area (Å²) in [4.78, 5) is 14.9. The molecule has 0 radical (unpaired) electrons. The number of anilines is 1. The molecule has 3 rings (SSSR count). The van der Waals surface area contributed by atoms with Gasteiger partial charge in [0.25, 0.3) is 10.0 Å². The maximum Gasteiger partial charge on any atom is 0.264 e. The second-order valence-electron chi connectivity index (χ2n) is 7.34. The first kappa shape index (κ1) is 20.7. The smallest absolute Gasteiger partial charge is 0.264 e. The van der Waals surface area contributed by atoms with Gasteiger partial charge in [0.2, 0.25) is 5.91 Å². The number of aryl methyl sites for hydroxylation is 1. The van der Waals surface area contributed by atoms with Crippen molar-refractivity contribution in [2.75, 3.05) is 23.9 Å². The van der Waals surface area contributed by atoms with Crippen molar-refractivity contribution in [3.05, 3.63) is 59.1 Å². The highest BCUT2D eigenvalue weighted by molar-refractivity contribution is 7.92. The van der Waals surface area contributed by atoms with Gasteiger partial charge in [-0.2, -0.15) is 0 Å². The number of piperidine rings is 1. The van der Waals surface area contributed by atoms with Crippen molar-refractivity contribution in [2.45, 2.75) is 31.6 Å². The van der Waals surface area contributed by atoms with Gasteiger partial charge in [-0.25, -0.2) is 8.42 Å². The Labute approximate surface area is 172 Å². The normalized spacial score (nSPS) is 17.4. The van der Waals surface area contributed by atoms with E-state index in [1.165, 1.54) is 4.31 Å². The molecule has 0 aliphatic carbocycles. The van der Waals surface area contributed by atoms with Crippen LogP contribution in [0.3, 0.4) is 0 Å². The second-order valence-corrected chi connectivity index (χ2v) is 9.64. The fourth-order valence-corrected chi connectivity index (χ4v) is 5.28. The lowest BCUT2D eigenvalue weighted by Gasteiger charge is -2.33. The van der Waals surface area contributed by atoms with E-state index in [9.17, 15) is 13.2 Å². The topological polar surface area (TPSA) is 57.7 Å². The summed E-state index contributed by atoms with van der Waals surface area (Å²) >= 11 is 6.05. The Kier molecular flexibility index (Phi) is 6.30. The Hall–Kier alpha value is -2.05. The summed E-state index contributed by atoms with van der Waals surface area (Å²) in [5.74, 6) is 0.245. The number of halogens is 1. The van der Waals surface area contributed by atoms with Crippen LogP contribution in [0.5, 0.6) is 0 Å². The van der Waals surface area contributed by atoms with E-state index in [1.807, 2.05) is 0 Å². The molecule has 1 unspecified atom stereocenters. The molecule has 1 atom stereocenters. The molecule has 2 aromatic carbocycles. The van der Waals surface area contributed by atoms with Crippen LogP contribution in [0.15, 0.2) is 53.4 Å². The van der Waals surface area contributed by atoms with Gasteiger partial charge in [0, 0.05) is 18.1 Å². The molecule has 0 N–H and O–H groups in total. The van der Waals surface area contributed by atoms with Gasteiger partial charge in [0.15, 0.2) is 0 Å². The van der Waals surface area contributed by atoms with Crippen LogP contribution >= 0.6 is 11.6 Å². The molecule has 150 valence electrons. The summed E-state index contributed by atoms with van der Waals surface area (Å²) < 4.78 is 28.0. The summed E-state index contributed by atoms with van der Waals surface area (Å²) in [6, 6.07) is 13.2. The van der Waals surface area contributed by atoms with Gasteiger partial charge in [-0.1, -0.05) is 36.7 Å². The second kappa shape index (κ2) is 8.53. The SMILES string of the molecule is Cc1cc(Cl)ccc1N(CC(=O)N1CCCC(C)C1)S(=O)(=O)c1ccccc1. The van der Waals surface area contributed by atoms with Crippen LogP contribution in [0.25, 0.3) is 0 Å². The van der Waals surface area contributed by atoms with E-state index in [2.05, 4.69) is 6.92 Å². The van der Waals surface area contributed by atoms with Crippen molar-refractivity contribution >= 4 is 33.2 Å². The molecular formula is C21H25ClN2O3S. The predicted molar refractivity (Wildman–Crippen MR) is 112 cm³/mol. The number of rotatable bonds is 5. The maximum absolute atomic E-state index is 13.4. The number of hydrogen-bond donors (Lipinski definition) is 0. The highest BCUT2D eigenvalue weighted by atomic mass is 35.5. The minimum Gasteiger partial charge on any atom is -0.341 e. The lowest BCUT2D eigenvalue weighted by atomic mass is 10.0. The Balaban J connectivity index is 1.98. The summed E-state index contributed by atoms with van der Waals surface area (Å²) in [5.41, 5.74) is 1.17. The van der Waals surface area contributed by atoms with Gasteiger partial charge >= 0.3 is 0 Å². The molecule has 1 heterocycles. The zero-order valence-electron chi connectivity index (χ0n) is 16.1. The van der Waals surface area contributed by atoms with E-state index in [1.54, 1.807) is 60.4 Å². The van der Waals surface area contributed by atoms with Gasteiger partial charge in [-0.3, -0.25) is 9.10 Å². The summed E-state index contributed by atoms with van der Waals surface area (Å²) in [5, 5.41) is 0.523. The average Bonchev–Trinajstić information content (AvgIpc) is 2.67. The first-order valence-corrected chi connectivity index (χ1v) is 11.2. The van der Waals surface area contributed by atoms with Gasteiger partial charge in [0.05, 0.1) is 10.6 Å². The fourth-order valence-electron chi connectivity index (χ4n) is 3.56. The number of nitrogens with zero attached hydrogens (tertiary/aromatic N) is 2. The Morgan fingerprint density at radius 3 is 2.57 bits per heavy atom. The minimum atomic E-state index is -3.89. The highest BCUT2D eigenvalue weighted by Crippen LogP contribution is 2.29. The molecule has 1 amide bonds. The van der Waals surface area contributed by atoms with Crippen molar-refractivity contribution in [1.82, 2.24) is 4.90 Å². The molecule has 0 spiro atoms. The Morgan fingerprint density at radius 2 is 1.93 bits per heavy atom. The first-order chi connectivity index (χ1) is 13.3. The third-order valence-electron chi connectivity index (χ3n) is 5.05. The number of amides is 1. The van der Waals surface area contributed by atoms with Crippen LogP contribution in [0, 0.1) is 12.8 Å². The van der Waals surface area contributed by atoms with E-state index in [0.717, 1.165) is 12.8 Å². The average molecular weight is 421 g/mol. The third-order valence-corrected chi connectivity index (χ3v) is 7.06. The van der Waals surface area contributed by atoms with Crippen LogP contribution in [0.2, 0.25) is 5.02 Å². The molecule has 5 nitrogen and oxygen atoms in total. The molecule has 2 aromatic rings. The van der Waals surface area contributed by atoms with Crippen LogP contribution in [-0.4, -0.2) is 38.9 Å². The first-order valence-electron chi connectivity index (χ1n) is 9.41. The van der Waals surface area contributed by atoms with E-state index >= 15 is 0 Å². The largest absolute Gasteiger partial charge is 0.341 e. The van der Waals surface area contributed by atoms with Gasteiger partial charge in [0.1, 0.15) is 6.54 Å². The number of hydrogen-bond acceptors (Lipinski definition) is 3. The van der Waals surface area contributed by atoms with Crippen LogP contribution in [0.4, 0.5) is 5.69 Å². The molecule has 0 bridgehead atoms. The number of benzene rings is 2. The van der Waals surface area contributed by atoms with Crippen LogP contribution in [-0.2, 0) is 14.8 Å². The Morgan fingerprint density at radius 1 is 1.21 bits per heavy atom. The van der Waals surface area contributed by atoms with Gasteiger partial charge in [-0.05, 0) is 61.6 Å². The number of sulfonamides is 1. The molecule has 1 fully saturated rings. The minimum absolute atomic E-state index is 0.157. The van der Waals surface area contributed by atoms with Crippen molar-refractivity contribution in [2.24, 2.45) is 5.92 Å². The third kappa shape index (κ3) is 4.50. The van der Waals surface area contributed by atoms with Gasteiger partial charge < -0.3 is 4.90 Å². The van der Waals surface area contributed by atoms with E-state index < -0.39 is 10.0 Å². The van der Waals surface area contributed by atoms with Crippen molar-refractivity contribution in [1.29, 1.82) is 0 Å². The molecule has 0 saturated carbocycles. The predicted octanol–water partition coefficient (Wildman–Crippen LogP) is 4.10. The lowest BCUT2D eigenvalue weighted by Crippen LogP contribution is -2.46. The molecule has 1 saturated heterocycles. The summed E-state index contributed by atoms with van der Waals surface area (Å²) in [6.07, 6.45) is 2.03. The van der Waals surface area contributed by atoms with E-state index in [-0.39, 0.29) is 17.3 Å². The number of carbonyl (C=O) groups is 1. The fraction of sp³-hybridized carbons (Fsp3) is 0.381. The summed E-state index contributed by atoms with van der Waals surface area (Å²) in [7, 11) is -3.89. The number of likely N-dealkylation sites (tertiary alicyclic amines) is 1. The molecule has 1 aliphatic heterocycles. The standard InChI is InChI=1S/C21H25ClN2O3S/c1-16-7-6-12-23(14-16)21(25)15-24(20-11-10-18(22)13-17(20)2)28(26,27)19-8-4-3-5-9-19/h3-5,8-11,13,16H,6-7,12,14-15H2,1-2H3. The maximum atomic E-state index is 13.4. The summed E-state index contributed by atoms with van der Waals surface area (Å²) in [6.45, 7) is 5.01. The highest BCUT2D eigenvalue weighted by Gasteiger charge is 2.31. The van der Waals surface area contributed by atoms with Crippen LogP contribution in [0.1, 0.15) is 25.3 Å². The van der Waals surface area contributed by atoms with Gasteiger partial charge in [-0.15, -0.1) is 0 Å². The molecule has 28 heavy (non-hydrogen) atoms. The van der Waals surface area contributed by atoms with Crippen LogP contribution < -0.4 is 4.31 Å². The monoisotopic (exact) mass is 420 g/mol. The molecule has 1 aliphatic rings. The van der Waals surface area contributed by atoms with E-state index in [4.69, 9.17) is 11.6 Å². The lowest BCUT2D eigenvalue weighted by molar-refractivity contribution is -0.131. The Bertz CT molecular complexity index is 947. The number of carbonyl (C=O) groups excluding carboxylic acids is 1. The quantitative estimate of drug-likeness (QED) is 0.731. The molecule has 7 heteroatoms. The van der Waals surface area contributed by atoms with Crippen molar-refractivity contribution < 1.29 is 13.2 Å². The van der Waals surface area contributed by atoms with Crippen molar-refractivity contribution in [3.63, 3.8) is 0 Å². The zero-order valence-corrected chi connectivity index (χ0v) is 17.7. The zero-order chi connectivity index (χ0) is 20.3. The van der Waals surface area contributed by atoms with E-state index in [0.29, 0.717) is 35.3 Å². The molecular weight excluding hydrogens is 396 g/mol.